The second kappa shape index (κ2) is 10.4. The zero-order chi connectivity index (χ0) is 31.6. The van der Waals surface area contributed by atoms with Crippen molar-refractivity contribution < 1.29 is 4.42 Å². The van der Waals surface area contributed by atoms with E-state index in [2.05, 4.69) is 40.8 Å². The van der Waals surface area contributed by atoms with Crippen molar-refractivity contribution in [1.82, 2.24) is 29.3 Å². The molecule has 0 bridgehead atoms. The summed E-state index contributed by atoms with van der Waals surface area (Å²) in [6.45, 7) is 0. The Labute approximate surface area is 273 Å². The lowest BCUT2D eigenvalue weighted by molar-refractivity contribution is 0.669. The van der Waals surface area contributed by atoms with Crippen molar-refractivity contribution in [3.8, 4) is 45.6 Å². The molecule has 0 N–H and O–H groups in total. The molecule has 0 aliphatic rings. The fraction of sp³-hybridized carbons (Fsp3) is 0. The number of imidazole rings is 1. The predicted molar refractivity (Wildman–Crippen MR) is 190 cm³/mol. The van der Waals surface area contributed by atoms with E-state index in [-0.39, 0.29) is 0 Å². The molecule has 10 rings (SSSR count). The maximum absolute atomic E-state index is 6.55. The van der Waals surface area contributed by atoms with E-state index in [0.717, 1.165) is 77.6 Å². The minimum absolute atomic E-state index is 0.586. The van der Waals surface area contributed by atoms with Gasteiger partial charge in [-0.15, -0.1) is 0 Å². The van der Waals surface area contributed by atoms with Gasteiger partial charge in [0.25, 0.3) is 0 Å². The number of benzene rings is 6. The summed E-state index contributed by atoms with van der Waals surface area (Å²) < 4.78 is 8.70. The van der Waals surface area contributed by atoms with E-state index in [1.165, 1.54) is 0 Å². The van der Waals surface area contributed by atoms with Crippen LogP contribution >= 0.6 is 0 Å². The zero-order valence-corrected chi connectivity index (χ0v) is 25.4. The second-order valence-corrected chi connectivity index (χ2v) is 11.7. The normalized spacial score (nSPS) is 11.8. The van der Waals surface area contributed by atoms with Crippen molar-refractivity contribution in [2.45, 2.75) is 0 Å². The van der Waals surface area contributed by atoms with Crippen LogP contribution in [-0.2, 0) is 0 Å². The van der Waals surface area contributed by atoms with E-state index in [9.17, 15) is 0 Å². The Hall–Kier alpha value is -6.73. The van der Waals surface area contributed by atoms with Gasteiger partial charge in [-0.25, -0.2) is 24.9 Å². The zero-order valence-electron chi connectivity index (χ0n) is 25.4. The summed E-state index contributed by atoms with van der Waals surface area (Å²) >= 11 is 0. The molecular formula is C41H24N6O. The molecule has 0 spiro atoms. The lowest BCUT2D eigenvalue weighted by atomic mass is 10.0. The van der Waals surface area contributed by atoms with Crippen molar-refractivity contribution in [3.05, 3.63) is 146 Å². The van der Waals surface area contributed by atoms with E-state index < -0.39 is 0 Å². The number of aromatic nitrogens is 6. The third-order valence-corrected chi connectivity index (χ3v) is 8.84. The van der Waals surface area contributed by atoms with Crippen LogP contribution in [0.2, 0.25) is 0 Å². The predicted octanol–water partition coefficient (Wildman–Crippen LogP) is 9.79. The van der Waals surface area contributed by atoms with E-state index >= 15 is 0 Å². The number of para-hydroxylation sites is 3. The molecule has 6 aromatic carbocycles. The van der Waals surface area contributed by atoms with Gasteiger partial charge in [0.05, 0.1) is 16.6 Å². The minimum Gasteiger partial charge on any atom is -0.456 e. The molecule has 10 aromatic rings. The highest BCUT2D eigenvalue weighted by Gasteiger charge is 2.20. The molecule has 4 aromatic heterocycles. The molecule has 7 nitrogen and oxygen atoms in total. The van der Waals surface area contributed by atoms with Gasteiger partial charge < -0.3 is 4.42 Å². The highest BCUT2D eigenvalue weighted by atomic mass is 16.3. The summed E-state index contributed by atoms with van der Waals surface area (Å²) in [6, 6.07) is 48.7. The number of furan rings is 1. The molecule has 224 valence electrons. The first kappa shape index (κ1) is 26.5. The Morgan fingerprint density at radius 3 is 1.88 bits per heavy atom. The Kier molecular flexibility index (Phi) is 5.74. The fourth-order valence-electron chi connectivity index (χ4n) is 6.62. The summed E-state index contributed by atoms with van der Waals surface area (Å²) in [6.07, 6.45) is 0. The minimum atomic E-state index is 0.586. The average Bonchev–Trinajstić information content (AvgIpc) is 3.74. The van der Waals surface area contributed by atoms with E-state index in [4.69, 9.17) is 29.3 Å². The Morgan fingerprint density at radius 2 is 1.10 bits per heavy atom. The number of fused-ring (bicyclic) bond motifs is 8. The second-order valence-electron chi connectivity index (χ2n) is 11.7. The first-order chi connectivity index (χ1) is 23.8. The molecule has 0 atom stereocenters. The van der Waals surface area contributed by atoms with Crippen molar-refractivity contribution >= 4 is 49.5 Å². The van der Waals surface area contributed by atoms with Crippen LogP contribution in [0.3, 0.4) is 0 Å². The first-order valence-electron chi connectivity index (χ1n) is 15.8. The van der Waals surface area contributed by atoms with Gasteiger partial charge in [-0.1, -0.05) is 103 Å². The molecule has 0 amide bonds. The molecule has 0 unspecified atom stereocenters. The van der Waals surface area contributed by atoms with Crippen LogP contribution in [0.15, 0.2) is 150 Å². The third-order valence-electron chi connectivity index (χ3n) is 8.84. The number of hydrogen-bond donors (Lipinski definition) is 0. The maximum Gasteiger partial charge on any atom is 0.164 e. The highest BCUT2D eigenvalue weighted by Crippen LogP contribution is 2.39. The standard InChI is InChI=1S/C41H24N6O/c1-3-12-25(13-4-1)37-44-38(26-14-5-2-6-15-26)46-39(45-37)30-17-11-21-34-36(30)29-23-22-27(24-35(29)48-34)40-42-31-18-8-7-16-28(31)41-43-32-19-9-10-20-33(32)47(40)41/h1-24H. The molecule has 0 saturated heterocycles. The van der Waals surface area contributed by atoms with Crippen molar-refractivity contribution in [2.24, 2.45) is 0 Å². The maximum atomic E-state index is 6.55. The number of hydrogen-bond acceptors (Lipinski definition) is 6. The molecule has 0 aliphatic heterocycles. The molecule has 0 fully saturated rings. The molecule has 48 heavy (non-hydrogen) atoms. The topological polar surface area (TPSA) is 82.0 Å². The molecule has 0 aliphatic carbocycles. The van der Waals surface area contributed by atoms with Crippen LogP contribution < -0.4 is 0 Å². The average molecular weight is 617 g/mol. The quantitative estimate of drug-likeness (QED) is 0.196. The van der Waals surface area contributed by atoms with Crippen LogP contribution in [-0.4, -0.2) is 29.3 Å². The fourth-order valence-corrected chi connectivity index (χ4v) is 6.62. The Morgan fingerprint density at radius 1 is 0.438 bits per heavy atom. The Balaban J connectivity index is 1.19. The van der Waals surface area contributed by atoms with Crippen LogP contribution in [0.1, 0.15) is 0 Å². The molecular weight excluding hydrogens is 592 g/mol. The van der Waals surface area contributed by atoms with Crippen LogP contribution in [0.5, 0.6) is 0 Å². The summed E-state index contributed by atoms with van der Waals surface area (Å²) in [5.41, 5.74) is 8.86. The van der Waals surface area contributed by atoms with E-state index in [1.54, 1.807) is 0 Å². The molecule has 0 saturated carbocycles. The van der Waals surface area contributed by atoms with Gasteiger partial charge in [0.2, 0.25) is 0 Å². The van der Waals surface area contributed by atoms with Gasteiger partial charge in [0.15, 0.2) is 17.5 Å². The smallest absolute Gasteiger partial charge is 0.164 e. The monoisotopic (exact) mass is 616 g/mol. The van der Waals surface area contributed by atoms with Gasteiger partial charge in [-0.3, -0.25) is 4.40 Å². The van der Waals surface area contributed by atoms with Crippen molar-refractivity contribution in [2.75, 3.05) is 0 Å². The summed E-state index contributed by atoms with van der Waals surface area (Å²) in [4.78, 5) is 25.0. The number of nitrogens with zero attached hydrogens (tertiary/aromatic N) is 6. The third kappa shape index (κ3) is 4.11. The molecule has 7 heteroatoms. The van der Waals surface area contributed by atoms with Gasteiger partial charge in [-0.2, -0.15) is 0 Å². The van der Waals surface area contributed by atoms with E-state index in [1.807, 2.05) is 109 Å². The lowest BCUT2D eigenvalue weighted by Gasteiger charge is -2.10. The SMILES string of the molecule is c1ccc(-c2nc(-c3ccccc3)nc(-c3cccc4oc5cc(-c6nc7ccccc7c7nc8ccccc8n67)ccc5c34)n2)cc1. The largest absolute Gasteiger partial charge is 0.456 e. The van der Waals surface area contributed by atoms with Crippen LogP contribution in [0.25, 0.3) is 95.1 Å². The van der Waals surface area contributed by atoms with Gasteiger partial charge in [0.1, 0.15) is 22.6 Å². The summed E-state index contributed by atoms with van der Waals surface area (Å²) in [5.74, 6) is 2.62. The summed E-state index contributed by atoms with van der Waals surface area (Å²) in [5, 5.41) is 2.93. The van der Waals surface area contributed by atoms with Crippen molar-refractivity contribution in [3.63, 3.8) is 0 Å². The first-order valence-corrected chi connectivity index (χ1v) is 15.8. The lowest BCUT2D eigenvalue weighted by Crippen LogP contribution is -2.00. The highest BCUT2D eigenvalue weighted by molar-refractivity contribution is 6.12. The van der Waals surface area contributed by atoms with Crippen LogP contribution in [0, 0.1) is 0 Å². The Bertz CT molecular complexity index is 2780. The van der Waals surface area contributed by atoms with Crippen molar-refractivity contribution in [1.29, 1.82) is 0 Å². The van der Waals surface area contributed by atoms with Gasteiger partial charge in [0, 0.05) is 38.4 Å². The molecule has 4 heterocycles. The summed E-state index contributed by atoms with van der Waals surface area (Å²) in [7, 11) is 0. The van der Waals surface area contributed by atoms with E-state index in [0.29, 0.717) is 17.5 Å². The molecule has 0 radical (unpaired) electrons. The van der Waals surface area contributed by atoms with Gasteiger partial charge >= 0.3 is 0 Å². The van der Waals surface area contributed by atoms with Gasteiger partial charge in [-0.05, 0) is 42.5 Å². The van der Waals surface area contributed by atoms with Crippen LogP contribution in [0.4, 0.5) is 0 Å². The number of rotatable bonds is 4.